The summed E-state index contributed by atoms with van der Waals surface area (Å²) in [4.78, 5) is 12.2. The Morgan fingerprint density at radius 2 is 2.04 bits per heavy atom. The first-order valence-corrected chi connectivity index (χ1v) is 9.40. The second-order valence-electron chi connectivity index (χ2n) is 6.35. The Labute approximate surface area is 168 Å². The summed E-state index contributed by atoms with van der Waals surface area (Å²) in [5.74, 6) is -0.312. The van der Waals surface area contributed by atoms with Crippen molar-refractivity contribution >= 4 is 17.5 Å². The van der Waals surface area contributed by atoms with Crippen LogP contribution in [-0.4, -0.2) is 28.3 Å². The highest BCUT2D eigenvalue weighted by Crippen LogP contribution is 2.24. The Morgan fingerprint density at radius 1 is 1.25 bits per heavy atom. The van der Waals surface area contributed by atoms with Crippen LogP contribution >= 0.6 is 11.6 Å². The number of carbonyl (C=O) groups excluding carboxylic acids is 1. The minimum absolute atomic E-state index is 0.202. The molecule has 1 amide bonds. The van der Waals surface area contributed by atoms with E-state index in [2.05, 4.69) is 10.4 Å². The summed E-state index contributed by atoms with van der Waals surface area (Å²) in [6.07, 6.45) is 2.27. The Bertz CT molecular complexity index is 930. The third-order valence-corrected chi connectivity index (χ3v) is 4.41. The van der Waals surface area contributed by atoms with Gasteiger partial charge >= 0.3 is 0 Å². The van der Waals surface area contributed by atoms with Crippen molar-refractivity contribution in [1.29, 1.82) is 0 Å². The molecule has 2 aromatic carbocycles. The summed E-state index contributed by atoms with van der Waals surface area (Å²) < 4.78 is 20.4. The fraction of sp³-hybridized carbons (Fsp3) is 0.238. The number of aryl methyl sites for hydroxylation is 1. The summed E-state index contributed by atoms with van der Waals surface area (Å²) in [6.45, 7) is 2.11. The molecule has 1 N–H and O–H groups in total. The predicted octanol–water partition coefficient (Wildman–Crippen LogP) is 4.18. The van der Waals surface area contributed by atoms with E-state index in [-0.39, 0.29) is 17.6 Å². The molecule has 0 aliphatic carbocycles. The van der Waals surface area contributed by atoms with E-state index in [9.17, 15) is 9.18 Å². The molecule has 0 aliphatic heterocycles. The molecule has 5 nitrogen and oxygen atoms in total. The number of ether oxygens (including phenoxy) is 1. The van der Waals surface area contributed by atoms with E-state index in [4.69, 9.17) is 16.3 Å². The number of carbonyl (C=O) groups is 1. The van der Waals surface area contributed by atoms with Crippen LogP contribution in [0.2, 0.25) is 5.02 Å². The van der Waals surface area contributed by atoms with Crippen molar-refractivity contribution in [2.24, 2.45) is 0 Å². The number of nitrogens with zero attached hydrogens (tertiary/aromatic N) is 2. The van der Waals surface area contributed by atoms with E-state index in [1.807, 2.05) is 36.4 Å². The zero-order chi connectivity index (χ0) is 19.9. The number of nitrogens with one attached hydrogen (secondary N) is 1. The van der Waals surface area contributed by atoms with Crippen molar-refractivity contribution in [3.8, 4) is 11.6 Å². The number of para-hydroxylation sites is 1. The van der Waals surface area contributed by atoms with Crippen LogP contribution in [0.1, 0.15) is 18.9 Å². The molecule has 3 aromatic rings. The quantitative estimate of drug-likeness (QED) is 0.576. The van der Waals surface area contributed by atoms with E-state index in [0.29, 0.717) is 24.4 Å². The zero-order valence-electron chi connectivity index (χ0n) is 15.4. The number of halogens is 2. The molecule has 146 valence electrons. The predicted molar refractivity (Wildman–Crippen MR) is 106 cm³/mol. The fourth-order valence-corrected chi connectivity index (χ4v) is 2.87. The third kappa shape index (κ3) is 5.33. The molecule has 28 heavy (non-hydrogen) atoms. The van der Waals surface area contributed by atoms with Crippen LogP contribution in [0, 0.1) is 5.82 Å². The van der Waals surface area contributed by atoms with E-state index in [0.717, 1.165) is 11.3 Å². The molecule has 0 aliphatic rings. The lowest BCUT2D eigenvalue weighted by atomic mass is 10.1. The molecule has 0 fully saturated rings. The van der Waals surface area contributed by atoms with E-state index >= 15 is 0 Å². The highest BCUT2D eigenvalue weighted by atomic mass is 35.5. The summed E-state index contributed by atoms with van der Waals surface area (Å²) in [6, 6.07) is 15.9. The normalized spacial score (nSPS) is 11.8. The number of amides is 1. The minimum Gasteiger partial charge on any atom is -0.462 e. The third-order valence-electron chi connectivity index (χ3n) is 4.15. The fourth-order valence-electron chi connectivity index (χ4n) is 2.69. The lowest BCUT2D eigenvalue weighted by Gasteiger charge is -2.13. The summed E-state index contributed by atoms with van der Waals surface area (Å²) >= 11 is 6.18. The van der Waals surface area contributed by atoms with Gasteiger partial charge in [-0.15, -0.1) is 5.10 Å². The first kappa shape index (κ1) is 19.9. The SMILES string of the molecule is C[C@H](Oc1nn(-c2ccccc2)cc1Cl)C(=O)NCCCc1cccc(F)c1. The number of aromatic nitrogens is 2. The van der Waals surface area contributed by atoms with Gasteiger partial charge in [0.15, 0.2) is 6.10 Å². The first-order valence-electron chi connectivity index (χ1n) is 9.02. The Morgan fingerprint density at radius 3 is 2.79 bits per heavy atom. The second-order valence-corrected chi connectivity index (χ2v) is 6.75. The molecule has 0 unspecified atom stereocenters. The van der Waals surface area contributed by atoms with Gasteiger partial charge < -0.3 is 10.1 Å². The van der Waals surface area contributed by atoms with Crippen LogP contribution in [0.5, 0.6) is 5.88 Å². The Kier molecular flexibility index (Phi) is 6.66. The number of hydrogen-bond acceptors (Lipinski definition) is 3. The second kappa shape index (κ2) is 9.37. The number of rotatable bonds is 8. The van der Waals surface area contributed by atoms with Gasteiger partial charge in [-0.3, -0.25) is 4.79 Å². The topological polar surface area (TPSA) is 56.2 Å². The van der Waals surface area contributed by atoms with Crippen LogP contribution in [0.3, 0.4) is 0 Å². The Balaban J connectivity index is 1.48. The zero-order valence-corrected chi connectivity index (χ0v) is 16.2. The first-order chi connectivity index (χ1) is 13.5. The van der Waals surface area contributed by atoms with Crippen molar-refractivity contribution in [3.63, 3.8) is 0 Å². The van der Waals surface area contributed by atoms with E-state index in [1.54, 1.807) is 23.9 Å². The van der Waals surface area contributed by atoms with Gasteiger partial charge in [0.05, 0.1) is 11.9 Å². The van der Waals surface area contributed by atoms with Gasteiger partial charge in [0.25, 0.3) is 11.8 Å². The molecular weight excluding hydrogens is 381 g/mol. The molecule has 7 heteroatoms. The van der Waals surface area contributed by atoms with E-state index < -0.39 is 6.10 Å². The van der Waals surface area contributed by atoms with Crippen LogP contribution in [-0.2, 0) is 11.2 Å². The van der Waals surface area contributed by atoms with Crippen molar-refractivity contribution in [2.45, 2.75) is 25.9 Å². The molecular formula is C21H21ClFN3O2. The monoisotopic (exact) mass is 401 g/mol. The largest absolute Gasteiger partial charge is 0.462 e. The Hall–Kier alpha value is -2.86. The molecule has 1 aromatic heterocycles. The molecule has 3 rings (SSSR count). The minimum atomic E-state index is -0.745. The highest BCUT2D eigenvalue weighted by molar-refractivity contribution is 6.31. The molecule has 1 atom stereocenters. The number of benzene rings is 2. The maximum Gasteiger partial charge on any atom is 0.260 e. The van der Waals surface area contributed by atoms with Crippen molar-refractivity contribution in [1.82, 2.24) is 15.1 Å². The van der Waals surface area contributed by atoms with Gasteiger partial charge in [-0.25, -0.2) is 9.07 Å². The van der Waals surface area contributed by atoms with Gasteiger partial charge in [0, 0.05) is 6.54 Å². The van der Waals surface area contributed by atoms with Crippen LogP contribution in [0.15, 0.2) is 60.8 Å². The average molecular weight is 402 g/mol. The van der Waals surface area contributed by atoms with Gasteiger partial charge in [-0.2, -0.15) is 0 Å². The van der Waals surface area contributed by atoms with E-state index in [1.165, 1.54) is 12.1 Å². The van der Waals surface area contributed by atoms with Crippen molar-refractivity contribution in [2.75, 3.05) is 6.54 Å². The van der Waals surface area contributed by atoms with Gasteiger partial charge in [-0.05, 0) is 49.6 Å². The molecule has 0 saturated carbocycles. The van der Waals surface area contributed by atoms with Gasteiger partial charge in [0.1, 0.15) is 10.8 Å². The van der Waals surface area contributed by atoms with Crippen molar-refractivity contribution in [3.05, 3.63) is 77.2 Å². The summed E-state index contributed by atoms with van der Waals surface area (Å²) in [5.41, 5.74) is 1.74. The molecule has 0 radical (unpaired) electrons. The van der Waals surface area contributed by atoms with Gasteiger partial charge in [-0.1, -0.05) is 41.9 Å². The summed E-state index contributed by atoms with van der Waals surface area (Å²) in [7, 11) is 0. The molecule has 0 spiro atoms. The van der Waals surface area contributed by atoms with Crippen molar-refractivity contribution < 1.29 is 13.9 Å². The van der Waals surface area contributed by atoms with Crippen LogP contribution in [0.4, 0.5) is 4.39 Å². The molecule has 1 heterocycles. The molecule has 0 bridgehead atoms. The lowest BCUT2D eigenvalue weighted by Crippen LogP contribution is -2.37. The lowest BCUT2D eigenvalue weighted by molar-refractivity contribution is -0.127. The van der Waals surface area contributed by atoms with Gasteiger partial charge in [0.2, 0.25) is 0 Å². The number of hydrogen-bond donors (Lipinski definition) is 1. The van der Waals surface area contributed by atoms with Crippen LogP contribution in [0.25, 0.3) is 5.69 Å². The maximum absolute atomic E-state index is 13.2. The average Bonchev–Trinajstić information content (AvgIpc) is 3.06. The van der Waals surface area contributed by atoms with Crippen LogP contribution < -0.4 is 10.1 Å². The maximum atomic E-state index is 13.2. The smallest absolute Gasteiger partial charge is 0.260 e. The molecule has 0 saturated heterocycles. The highest BCUT2D eigenvalue weighted by Gasteiger charge is 2.18. The standard InChI is InChI=1S/C21H21ClFN3O2/c1-15(20(27)24-12-6-8-16-7-5-9-17(23)13-16)28-21-19(22)14-26(25-21)18-10-3-2-4-11-18/h2-5,7,9-11,13-15H,6,8,12H2,1H3,(H,24,27)/t15-/m0/s1. The summed E-state index contributed by atoms with van der Waals surface area (Å²) in [5, 5.41) is 7.43.